The van der Waals surface area contributed by atoms with Crippen LogP contribution in [-0.2, 0) is 12.4 Å². The Bertz CT molecular complexity index is 1060. The number of benzene rings is 3. The number of nitrogens with zero attached hydrogens (tertiary/aromatic N) is 2. The van der Waals surface area contributed by atoms with E-state index in [-0.39, 0.29) is 12.2 Å². The van der Waals surface area contributed by atoms with Crippen LogP contribution in [-0.4, -0.2) is 18.5 Å². The van der Waals surface area contributed by atoms with Crippen molar-refractivity contribution in [2.24, 2.45) is 15.9 Å². The first-order valence-corrected chi connectivity index (χ1v) is 10.7. The van der Waals surface area contributed by atoms with Crippen LogP contribution in [0.5, 0.6) is 11.5 Å². The van der Waals surface area contributed by atoms with Crippen molar-refractivity contribution in [3.8, 4) is 11.5 Å². The van der Waals surface area contributed by atoms with Crippen molar-refractivity contribution in [3.63, 3.8) is 0 Å². The van der Waals surface area contributed by atoms with Gasteiger partial charge < -0.3 is 15.2 Å². The van der Waals surface area contributed by atoms with E-state index in [2.05, 4.69) is 10.2 Å². The fourth-order valence-electron chi connectivity index (χ4n) is 2.62. The lowest BCUT2D eigenvalue weighted by molar-refractivity contribution is 0.280. The van der Waals surface area contributed by atoms with E-state index < -0.39 is 5.82 Å². The highest BCUT2D eigenvalue weighted by atomic mass is 35.5. The van der Waals surface area contributed by atoms with Gasteiger partial charge in [-0.3, -0.25) is 0 Å². The second-order valence-electron chi connectivity index (χ2n) is 6.36. The maximum absolute atomic E-state index is 14.0. The normalized spacial score (nSPS) is 11.6. The zero-order chi connectivity index (χ0) is 22.1. The summed E-state index contributed by atoms with van der Waals surface area (Å²) in [6.45, 7) is -0.0380. The highest BCUT2D eigenvalue weighted by Gasteiger charge is 2.10. The Kier molecular flexibility index (Phi) is 8.32. The molecule has 0 aromatic heterocycles. The van der Waals surface area contributed by atoms with Crippen molar-refractivity contribution in [2.45, 2.75) is 12.4 Å². The van der Waals surface area contributed by atoms with Crippen molar-refractivity contribution < 1.29 is 13.9 Å². The second-order valence-corrected chi connectivity index (χ2v) is 7.76. The highest BCUT2D eigenvalue weighted by Crippen LogP contribution is 2.30. The smallest absolute Gasteiger partial charge is 0.180 e. The highest BCUT2D eigenvalue weighted by molar-refractivity contribution is 8.13. The maximum atomic E-state index is 14.0. The minimum absolute atomic E-state index is 0.0380. The monoisotopic (exact) mass is 457 g/mol. The van der Waals surface area contributed by atoms with Gasteiger partial charge in [0.05, 0.1) is 18.3 Å². The van der Waals surface area contributed by atoms with Gasteiger partial charge >= 0.3 is 0 Å². The number of hydrogen-bond donors (Lipinski definition) is 1. The van der Waals surface area contributed by atoms with Crippen LogP contribution in [0.15, 0.2) is 76.9 Å². The van der Waals surface area contributed by atoms with Crippen molar-refractivity contribution >= 4 is 34.7 Å². The first-order chi connectivity index (χ1) is 15.1. The van der Waals surface area contributed by atoms with E-state index in [1.54, 1.807) is 36.5 Å². The third-order valence-electron chi connectivity index (χ3n) is 4.21. The molecule has 0 aliphatic rings. The van der Waals surface area contributed by atoms with E-state index >= 15 is 0 Å². The van der Waals surface area contributed by atoms with E-state index in [1.807, 2.05) is 30.3 Å². The van der Waals surface area contributed by atoms with Crippen LogP contribution in [0.3, 0.4) is 0 Å². The molecule has 0 heterocycles. The molecule has 31 heavy (non-hydrogen) atoms. The molecule has 0 saturated heterocycles. The van der Waals surface area contributed by atoms with Gasteiger partial charge in [0.25, 0.3) is 0 Å². The molecular formula is C23H21ClFN3O2S. The molecule has 0 fully saturated rings. The van der Waals surface area contributed by atoms with Crippen molar-refractivity contribution in [1.29, 1.82) is 0 Å². The van der Waals surface area contributed by atoms with Gasteiger partial charge in [0.1, 0.15) is 12.4 Å². The topological polar surface area (TPSA) is 69.2 Å². The van der Waals surface area contributed by atoms with E-state index in [0.717, 1.165) is 11.1 Å². The van der Waals surface area contributed by atoms with Gasteiger partial charge in [-0.2, -0.15) is 5.10 Å². The quantitative estimate of drug-likeness (QED) is 0.269. The Balaban J connectivity index is 1.65. The molecule has 0 bridgehead atoms. The average molecular weight is 458 g/mol. The summed E-state index contributed by atoms with van der Waals surface area (Å²) in [7, 11) is 1.53. The summed E-state index contributed by atoms with van der Waals surface area (Å²) >= 11 is 7.47. The number of nitrogens with two attached hydrogens (primary N) is 1. The van der Waals surface area contributed by atoms with E-state index in [4.69, 9.17) is 26.8 Å². The predicted octanol–water partition coefficient (Wildman–Crippen LogP) is 5.65. The van der Waals surface area contributed by atoms with Gasteiger partial charge in [0, 0.05) is 11.3 Å². The summed E-state index contributed by atoms with van der Waals surface area (Å²) in [6.07, 6.45) is 1.55. The summed E-state index contributed by atoms with van der Waals surface area (Å²) in [5, 5.41) is 8.71. The summed E-state index contributed by atoms with van der Waals surface area (Å²) in [6, 6.07) is 19.7. The van der Waals surface area contributed by atoms with E-state index in [9.17, 15) is 4.39 Å². The fraction of sp³-hybridized carbons (Fsp3) is 0.130. The lowest BCUT2D eigenvalue weighted by Gasteiger charge is -2.12. The minimum atomic E-state index is -0.429. The third kappa shape index (κ3) is 6.73. The summed E-state index contributed by atoms with van der Waals surface area (Å²) < 4.78 is 25.1. The zero-order valence-electron chi connectivity index (χ0n) is 16.8. The molecule has 0 unspecified atom stereocenters. The minimum Gasteiger partial charge on any atom is -0.493 e. The largest absolute Gasteiger partial charge is 0.493 e. The standard InChI is InChI=1S/C23H21ClFN3O2S/c1-29-21-11-10-17(12-22(21)30-14-18-19(24)8-5-9-20(18)25)13-27-28-23(26)31-15-16-6-3-2-4-7-16/h2-13H,14-15H2,1H3,(H2,26,28). The van der Waals surface area contributed by atoms with Gasteiger partial charge in [-0.05, 0) is 41.5 Å². The molecule has 0 spiro atoms. The number of hydrogen-bond acceptors (Lipinski definition) is 5. The molecule has 3 rings (SSSR count). The van der Waals surface area contributed by atoms with Crippen molar-refractivity contribution in [2.75, 3.05) is 7.11 Å². The summed E-state index contributed by atoms with van der Waals surface area (Å²) in [5.74, 6) is 1.22. The molecule has 0 aliphatic heterocycles. The Morgan fingerprint density at radius 3 is 2.65 bits per heavy atom. The lowest BCUT2D eigenvalue weighted by Crippen LogP contribution is -2.06. The van der Waals surface area contributed by atoms with Crippen LogP contribution in [0.25, 0.3) is 0 Å². The molecular weight excluding hydrogens is 437 g/mol. The van der Waals surface area contributed by atoms with Gasteiger partial charge in [-0.15, -0.1) is 5.10 Å². The molecule has 160 valence electrons. The number of methoxy groups -OCH3 is 1. The molecule has 0 atom stereocenters. The van der Waals surface area contributed by atoms with Crippen molar-refractivity contribution in [1.82, 2.24) is 0 Å². The first kappa shape index (κ1) is 22.7. The van der Waals surface area contributed by atoms with Crippen LogP contribution in [0, 0.1) is 5.82 Å². The van der Waals surface area contributed by atoms with Gasteiger partial charge in [-0.1, -0.05) is 59.8 Å². The van der Waals surface area contributed by atoms with Crippen LogP contribution in [0.4, 0.5) is 4.39 Å². The number of ether oxygens (including phenoxy) is 2. The number of rotatable bonds is 8. The fourth-order valence-corrected chi connectivity index (χ4v) is 3.45. The van der Waals surface area contributed by atoms with Crippen LogP contribution in [0.1, 0.15) is 16.7 Å². The van der Waals surface area contributed by atoms with Gasteiger partial charge in [0.2, 0.25) is 0 Å². The Hall–Kier alpha value is -3.03. The van der Waals surface area contributed by atoms with E-state index in [1.165, 1.54) is 24.9 Å². The molecule has 2 N–H and O–H groups in total. The average Bonchev–Trinajstić information content (AvgIpc) is 2.78. The summed E-state index contributed by atoms with van der Waals surface area (Å²) in [5.41, 5.74) is 8.06. The van der Waals surface area contributed by atoms with Gasteiger partial charge in [0.15, 0.2) is 16.7 Å². The zero-order valence-corrected chi connectivity index (χ0v) is 18.4. The SMILES string of the molecule is COc1ccc(C=NN=C(N)SCc2ccccc2)cc1OCc1c(F)cccc1Cl. The molecule has 0 amide bonds. The van der Waals surface area contributed by atoms with E-state index in [0.29, 0.717) is 27.4 Å². The molecule has 5 nitrogen and oxygen atoms in total. The number of thioether (sulfide) groups is 1. The Labute approximate surface area is 189 Å². The van der Waals surface area contributed by atoms with Crippen molar-refractivity contribution in [3.05, 3.63) is 94.3 Å². The van der Waals surface area contributed by atoms with Crippen LogP contribution < -0.4 is 15.2 Å². The molecule has 3 aromatic rings. The predicted molar refractivity (Wildman–Crippen MR) is 126 cm³/mol. The Morgan fingerprint density at radius 2 is 1.90 bits per heavy atom. The molecule has 0 radical (unpaired) electrons. The van der Waals surface area contributed by atoms with Crippen LogP contribution >= 0.6 is 23.4 Å². The maximum Gasteiger partial charge on any atom is 0.180 e. The molecule has 0 aliphatic carbocycles. The third-order valence-corrected chi connectivity index (χ3v) is 5.42. The molecule has 0 saturated carbocycles. The molecule has 3 aromatic carbocycles. The van der Waals surface area contributed by atoms with Gasteiger partial charge in [-0.25, -0.2) is 4.39 Å². The number of amidine groups is 1. The first-order valence-electron chi connectivity index (χ1n) is 9.33. The Morgan fingerprint density at radius 1 is 1.10 bits per heavy atom. The summed E-state index contributed by atoms with van der Waals surface area (Å²) in [4.78, 5) is 0. The van der Waals surface area contributed by atoms with Crippen LogP contribution in [0.2, 0.25) is 5.02 Å². The lowest BCUT2D eigenvalue weighted by atomic mass is 10.2. The molecule has 8 heteroatoms. The second kappa shape index (κ2) is 11.4. The number of halogens is 2.